The third-order valence-electron chi connectivity index (χ3n) is 5.33. The van der Waals surface area contributed by atoms with Crippen LogP contribution in [-0.2, 0) is 0 Å². The fourth-order valence-corrected chi connectivity index (χ4v) is 3.73. The minimum absolute atomic E-state index is 0.0776. The topological polar surface area (TPSA) is 41.7 Å². The number of rotatable bonds is 5. The van der Waals surface area contributed by atoms with Crippen molar-refractivity contribution in [2.45, 2.75) is 45.1 Å². The van der Waals surface area contributed by atoms with Gasteiger partial charge >= 0.3 is 0 Å². The summed E-state index contributed by atoms with van der Waals surface area (Å²) in [6.45, 7) is 10.0. The minimum atomic E-state index is -0.0776. The predicted molar refractivity (Wildman–Crippen MR) is 92.7 cm³/mol. The minimum Gasteiger partial charge on any atom is -0.483 e. The SMILES string of the molecule is CCC1(CC)CN(CCN2CCCC2)c2c(N)cccc2O1. The molecule has 2 aliphatic rings. The summed E-state index contributed by atoms with van der Waals surface area (Å²) in [7, 11) is 0. The third-order valence-corrected chi connectivity index (χ3v) is 5.33. The van der Waals surface area contributed by atoms with Crippen LogP contribution in [0.2, 0.25) is 0 Å². The molecule has 0 spiro atoms. The lowest BCUT2D eigenvalue weighted by atomic mass is 9.93. The Balaban J connectivity index is 1.83. The Morgan fingerprint density at radius 1 is 1.14 bits per heavy atom. The molecular weight excluding hydrogens is 274 g/mol. The molecule has 0 bridgehead atoms. The van der Waals surface area contributed by atoms with Crippen molar-refractivity contribution in [3.05, 3.63) is 18.2 Å². The molecule has 4 heteroatoms. The van der Waals surface area contributed by atoms with E-state index in [-0.39, 0.29) is 5.60 Å². The molecule has 0 unspecified atom stereocenters. The highest BCUT2D eigenvalue weighted by Crippen LogP contribution is 2.42. The van der Waals surface area contributed by atoms with E-state index in [0.717, 1.165) is 49.6 Å². The van der Waals surface area contributed by atoms with Crippen molar-refractivity contribution >= 4 is 11.4 Å². The summed E-state index contributed by atoms with van der Waals surface area (Å²) in [5, 5.41) is 0. The largest absolute Gasteiger partial charge is 0.483 e. The highest BCUT2D eigenvalue weighted by molar-refractivity contribution is 5.76. The first-order valence-corrected chi connectivity index (χ1v) is 8.72. The summed E-state index contributed by atoms with van der Waals surface area (Å²) < 4.78 is 6.37. The molecule has 22 heavy (non-hydrogen) atoms. The number of hydrogen-bond acceptors (Lipinski definition) is 4. The van der Waals surface area contributed by atoms with E-state index in [1.54, 1.807) is 0 Å². The molecule has 1 fully saturated rings. The molecule has 122 valence electrons. The monoisotopic (exact) mass is 303 g/mol. The van der Waals surface area contributed by atoms with Crippen molar-refractivity contribution in [1.82, 2.24) is 4.90 Å². The van der Waals surface area contributed by atoms with Gasteiger partial charge in [0, 0.05) is 13.1 Å². The summed E-state index contributed by atoms with van der Waals surface area (Å²) in [6, 6.07) is 6.04. The fourth-order valence-electron chi connectivity index (χ4n) is 3.73. The first-order chi connectivity index (χ1) is 10.7. The molecule has 0 atom stereocenters. The Hall–Kier alpha value is -1.42. The van der Waals surface area contributed by atoms with Crippen molar-refractivity contribution in [2.75, 3.05) is 43.4 Å². The Bertz CT molecular complexity index is 507. The molecule has 3 rings (SSSR count). The molecule has 0 aromatic heterocycles. The number of fused-ring (bicyclic) bond motifs is 1. The van der Waals surface area contributed by atoms with Gasteiger partial charge in [-0.25, -0.2) is 0 Å². The van der Waals surface area contributed by atoms with Crippen LogP contribution in [0.3, 0.4) is 0 Å². The van der Waals surface area contributed by atoms with Crippen molar-refractivity contribution in [3.63, 3.8) is 0 Å². The number of nitrogen functional groups attached to an aromatic ring is 1. The van der Waals surface area contributed by atoms with E-state index in [0.29, 0.717) is 0 Å². The number of ether oxygens (including phenoxy) is 1. The summed E-state index contributed by atoms with van der Waals surface area (Å²) >= 11 is 0. The zero-order valence-electron chi connectivity index (χ0n) is 14.0. The van der Waals surface area contributed by atoms with E-state index < -0.39 is 0 Å². The van der Waals surface area contributed by atoms with Crippen LogP contribution >= 0.6 is 0 Å². The van der Waals surface area contributed by atoms with E-state index in [1.165, 1.54) is 25.9 Å². The molecule has 0 aliphatic carbocycles. The van der Waals surface area contributed by atoms with Gasteiger partial charge in [0.15, 0.2) is 0 Å². The molecule has 2 heterocycles. The normalized spacial score (nSPS) is 20.7. The number of likely N-dealkylation sites (tertiary alicyclic amines) is 1. The maximum atomic E-state index is 6.37. The molecule has 4 nitrogen and oxygen atoms in total. The molecule has 0 amide bonds. The van der Waals surface area contributed by atoms with Gasteiger partial charge < -0.3 is 20.3 Å². The Kier molecular flexibility index (Phi) is 4.48. The van der Waals surface area contributed by atoms with Gasteiger partial charge in [0.05, 0.1) is 12.2 Å². The van der Waals surface area contributed by atoms with Crippen LogP contribution in [-0.4, -0.2) is 43.2 Å². The molecule has 0 saturated carbocycles. The third kappa shape index (κ3) is 2.89. The Morgan fingerprint density at radius 3 is 2.55 bits per heavy atom. The van der Waals surface area contributed by atoms with E-state index in [9.17, 15) is 0 Å². The fraction of sp³-hybridized carbons (Fsp3) is 0.667. The molecular formula is C18H29N3O. The second kappa shape index (κ2) is 6.37. The quantitative estimate of drug-likeness (QED) is 0.849. The molecule has 0 radical (unpaired) electrons. The van der Waals surface area contributed by atoms with E-state index >= 15 is 0 Å². The van der Waals surface area contributed by atoms with Gasteiger partial charge in [-0.1, -0.05) is 19.9 Å². The number of nitrogens with zero attached hydrogens (tertiary/aromatic N) is 2. The number of benzene rings is 1. The maximum absolute atomic E-state index is 6.37. The lowest BCUT2D eigenvalue weighted by Gasteiger charge is -2.45. The van der Waals surface area contributed by atoms with Crippen molar-refractivity contribution in [1.29, 1.82) is 0 Å². The van der Waals surface area contributed by atoms with Crippen LogP contribution in [0.5, 0.6) is 5.75 Å². The Labute approximate surface area is 134 Å². The standard InChI is InChI=1S/C18H29N3O/c1-3-18(4-2)14-21(13-12-20-10-5-6-11-20)17-15(19)8-7-9-16(17)22-18/h7-9H,3-6,10-14,19H2,1-2H3. The van der Waals surface area contributed by atoms with E-state index in [4.69, 9.17) is 10.5 Å². The first kappa shape index (κ1) is 15.5. The van der Waals surface area contributed by atoms with Gasteiger partial charge in [-0.3, -0.25) is 0 Å². The van der Waals surface area contributed by atoms with Crippen molar-refractivity contribution < 1.29 is 4.74 Å². The highest BCUT2D eigenvalue weighted by Gasteiger charge is 2.37. The van der Waals surface area contributed by atoms with Crippen LogP contribution in [0.4, 0.5) is 11.4 Å². The van der Waals surface area contributed by atoms with Crippen molar-refractivity contribution in [3.8, 4) is 5.75 Å². The lowest BCUT2D eigenvalue weighted by Crippen LogP contribution is -2.52. The summed E-state index contributed by atoms with van der Waals surface area (Å²) in [5.74, 6) is 0.955. The first-order valence-electron chi connectivity index (χ1n) is 8.72. The number of para-hydroxylation sites is 1. The van der Waals surface area contributed by atoms with Gasteiger partial charge in [0.25, 0.3) is 0 Å². The Morgan fingerprint density at radius 2 is 1.86 bits per heavy atom. The predicted octanol–water partition coefficient (Wildman–Crippen LogP) is 3.12. The molecule has 1 aromatic rings. The summed E-state index contributed by atoms with van der Waals surface area (Å²) in [4.78, 5) is 5.02. The lowest BCUT2D eigenvalue weighted by molar-refractivity contribution is 0.0571. The average Bonchev–Trinajstić information content (AvgIpc) is 3.05. The summed E-state index contributed by atoms with van der Waals surface area (Å²) in [5.41, 5.74) is 8.10. The number of hydrogen-bond donors (Lipinski definition) is 1. The molecule has 1 saturated heterocycles. The second-order valence-corrected chi connectivity index (χ2v) is 6.66. The van der Waals surface area contributed by atoms with Crippen molar-refractivity contribution in [2.24, 2.45) is 0 Å². The summed E-state index contributed by atoms with van der Waals surface area (Å²) in [6.07, 6.45) is 4.74. The smallest absolute Gasteiger partial charge is 0.145 e. The van der Waals surface area contributed by atoms with Crippen LogP contribution in [0.15, 0.2) is 18.2 Å². The average molecular weight is 303 g/mol. The maximum Gasteiger partial charge on any atom is 0.145 e. The van der Waals surface area contributed by atoms with Crippen LogP contribution < -0.4 is 15.4 Å². The zero-order chi connectivity index (χ0) is 15.6. The second-order valence-electron chi connectivity index (χ2n) is 6.66. The van der Waals surface area contributed by atoms with E-state index in [1.807, 2.05) is 12.1 Å². The molecule has 2 aliphatic heterocycles. The number of nitrogens with two attached hydrogens (primary N) is 1. The van der Waals surface area contributed by atoms with Crippen LogP contribution in [0, 0.1) is 0 Å². The van der Waals surface area contributed by atoms with Gasteiger partial charge in [-0.15, -0.1) is 0 Å². The zero-order valence-corrected chi connectivity index (χ0v) is 14.0. The van der Waals surface area contributed by atoms with Crippen LogP contribution in [0.25, 0.3) is 0 Å². The molecule has 1 aromatic carbocycles. The van der Waals surface area contributed by atoms with Gasteiger partial charge in [0.2, 0.25) is 0 Å². The van der Waals surface area contributed by atoms with E-state index in [2.05, 4.69) is 29.7 Å². The number of anilines is 2. The van der Waals surface area contributed by atoms with Gasteiger partial charge in [-0.05, 0) is 50.9 Å². The van der Waals surface area contributed by atoms with Gasteiger partial charge in [-0.2, -0.15) is 0 Å². The van der Waals surface area contributed by atoms with Crippen LogP contribution in [0.1, 0.15) is 39.5 Å². The van der Waals surface area contributed by atoms with Gasteiger partial charge in [0.1, 0.15) is 17.0 Å². The highest BCUT2D eigenvalue weighted by atomic mass is 16.5. The molecule has 2 N–H and O–H groups in total.